The molecule has 3 N–H and O–H groups in total. The van der Waals surface area contributed by atoms with Crippen molar-refractivity contribution in [3.8, 4) is 17.2 Å². The van der Waals surface area contributed by atoms with Gasteiger partial charge in [0.05, 0.1) is 10.5 Å². The molecule has 0 aliphatic carbocycles. The average Bonchev–Trinajstić information content (AvgIpc) is 3.30. The molecule has 6 nitrogen and oxygen atoms in total. The van der Waals surface area contributed by atoms with Crippen LogP contribution in [0.5, 0.6) is 0 Å². The Balaban J connectivity index is 1.23. The Bertz CT molecular complexity index is 1690. The van der Waals surface area contributed by atoms with Crippen molar-refractivity contribution in [3.05, 3.63) is 78.5 Å². The Morgan fingerprint density at radius 2 is 1.56 bits per heavy atom. The zero-order valence-electron chi connectivity index (χ0n) is 20.3. The van der Waals surface area contributed by atoms with Crippen molar-refractivity contribution in [2.24, 2.45) is 0 Å². The van der Waals surface area contributed by atoms with E-state index in [1.165, 1.54) is 0 Å². The molecule has 5 rings (SSSR count). The van der Waals surface area contributed by atoms with E-state index in [2.05, 4.69) is 16.4 Å². The number of nitrogens with one attached hydrogen (secondary N) is 3. The number of nitrogens with zero attached hydrogens (tertiary/aromatic N) is 2. The van der Waals surface area contributed by atoms with E-state index in [1.54, 1.807) is 34.8 Å². The molecular weight excluding hydrogens is 557 g/mol. The van der Waals surface area contributed by atoms with Crippen LogP contribution in [0.1, 0.15) is 18.4 Å². The number of nitriles is 1. The molecule has 1 atom stereocenters. The molecule has 206 valence electrons. The van der Waals surface area contributed by atoms with Gasteiger partial charge in [-0.3, -0.25) is 0 Å². The SMILES string of the molecule is N#Cc1c[nH]c2ccc(-c3ccc(S(=N)(=O)N4CCC(Nc5ccc(S(F)(F)(F)(F)F)cc5)CC4)cc3)cc12. The van der Waals surface area contributed by atoms with E-state index in [0.717, 1.165) is 34.2 Å². The number of rotatable bonds is 6. The third-order valence-corrected chi connectivity index (χ3v) is 9.96. The van der Waals surface area contributed by atoms with E-state index in [9.17, 15) is 28.9 Å². The van der Waals surface area contributed by atoms with Gasteiger partial charge in [0.1, 0.15) is 20.9 Å². The number of benzene rings is 3. The highest BCUT2D eigenvalue weighted by Gasteiger charge is 2.65. The van der Waals surface area contributed by atoms with Gasteiger partial charge in [0.2, 0.25) is 0 Å². The standard InChI is InChI=1S/C26H24F5N5OS2/c27-39(28,29,30,31)24-8-4-21(5-9-24)35-22-11-13-36(14-12-22)38(33,37)23-6-1-18(2-7-23)19-3-10-26-25(15-19)20(16-32)17-34-26/h1-10,15,17,22,33-35H,11-14H2. The first-order valence-corrected chi connectivity index (χ1v) is 15.4. The van der Waals surface area contributed by atoms with Crippen LogP contribution in [-0.2, 0) is 9.92 Å². The summed E-state index contributed by atoms with van der Waals surface area (Å²) in [5, 5.41) is 13.1. The van der Waals surface area contributed by atoms with Gasteiger partial charge in [0, 0.05) is 41.9 Å². The second-order valence-electron chi connectivity index (χ2n) is 9.47. The van der Waals surface area contributed by atoms with Crippen LogP contribution in [0.4, 0.5) is 25.1 Å². The molecule has 1 aliphatic heterocycles. The van der Waals surface area contributed by atoms with Crippen LogP contribution in [0, 0.1) is 16.1 Å². The third-order valence-electron chi connectivity index (χ3n) is 6.80. The van der Waals surface area contributed by atoms with Crippen LogP contribution in [0.15, 0.2) is 82.7 Å². The molecule has 0 spiro atoms. The van der Waals surface area contributed by atoms with Gasteiger partial charge in [-0.15, -0.1) is 0 Å². The van der Waals surface area contributed by atoms with Crippen molar-refractivity contribution < 1.29 is 23.6 Å². The monoisotopic (exact) mass is 581 g/mol. The Kier molecular flexibility index (Phi) is 6.02. The van der Waals surface area contributed by atoms with Crippen LogP contribution in [0.25, 0.3) is 22.0 Å². The number of anilines is 1. The smallest absolute Gasteiger partial charge is 0.310 e. The number of H-pyrrole nitrogens is 1. The zero-order valence-corrected chi connectivity index (χ0v) is 22.0. The number of aromatic amines is 1. The summed E-state index contributed by atoms with van der Waals surface area (Å²) in [4.78, 5) is 1.46. The highest BCUT2D eigenvalue weighted by Crippen LogP contribution is 3.02. The van der Waals surface area contributed by atoms with Gasteiger partial charge < -0.3 is 10.3 Å². The van der Waals surface area contributed by atoms with Gasteiger partial charge in [0.25, 0.3) is 0 Å². The molecule has 2 heterocycles. The number of hydrogen-bond acceptors (Lipinski definition) is 4. The fourth-order valence-corrected chi connectivity index (χ4v) is 6.85. The summed E-state index contributed by atoms with van der Waals surface area (Å²) in [7, 11) is -13.0. The maximum absolute atomic E-state index is 13.4. The summed E-state index contributed by atoms with van der Waals surface area (Å²) in [6.45, 7) is 0.624. The molecule has 13 heteroatoms. The Morgan fingerprint density at radius 3 is 2.15 bits per heavy atom. The molecule has 39 heavy (non-hydrogen) atoms. The molecule has 0 radical (unpaired) electrons. The van der Waals surface area contributed by atoms with Gasteiger partial charge >= 0.3 is 10.2 Å². The molecule has 0 amide bonds. The minimum atomic E-state index is -9.72. The van der Waals surface area contributed by atoms with E-state index in [1.807, 2.05) is 18.2 Å². The molecule has 0 saturated carbocycles. The van der Waals surface area contributed by atoms with Crippen molar-refractivity contribution >= 4 is 36.7 Å². The zero-order chi connectivity index (χ0) is 28.1. The van der Waals surface area contributed by atoms with Crippen LogP contribution < -0.4 is 5.32 Å². The summed E-state index contributed by atoms with van der Waals surface area (Å²) in [5.41, 5.74) is 3.39. The molecule has 3 aromatic carbocycles. The summed E-state index contributed by atoms with van der Waals surface area (Å²) in [6, 6.07) is 17.2. The number of hydrogen-bond donors (Lipinski definition) is 3. The van der Waals surface area contributed by atoms with Crippen LogP contribution >= 0.6 is 10.2 Å². The molecule has 1 fully saturated rings. The van der Waals surface area contributed by atoms with Crippen molar-refractivity contribution in [1.82, 2.24) is 9.29 Å². The fraction of sp³-hybridized carbons (Fsp3) is 0.192. The molecule has 0 bridgehead atoms. The van der Waals surface area contributed by atoms with Crippen LogP contribution in [0.2, 0.25) is 0 Å². The third kappa shape index (κ3) is 5.59. The second kappa shape index (κ2) is 8.70. The van der Waals surface area contributed by atoms with Crippen molar-refractivity contribution in [2.45, 2.75) is 28.7 Å². The first-order valence-electron chi connectivity index (χ1n) is 11.9. The van der Waals surface area contributed by atoms with Crippen molar-refractivity contribution in [1.29, 1.82) is 10.0 Å². The number of piperidine rings is 1. The van der Waals surface area contributed by atoms with E-state index in [-0.39, 0.29) is 11.7 Å². The van der Waals surface area contributed by atoms with Gasteiger partial charge in [0.15, 0.2) is 0 Å². The predicted molar refractivity (Wildman–Crippen MR) is 144 cm³/mol. The topological polar surface area (TPSA) is 95.8 Å². The Hall–Kier alpha value is -3.60. The molecule has 1 aromatic heterocycles. The Labute approximate surface area is 222 Å². The normalized spacial score (nSPS) is 18.6. The highest BCUT2D eigenvalue weighted by atomic mass is 32.5. The van der Waals surface area contributed by atoms with Gasteiger partial charge in [-0.25, -0.2) is 13.3 Å². The van der Waals surface area contributed by atoms with Crippen molar-refractivity contribution in [2.75, 3.05) is 18.4 Å². The van der Waals surface area contributed by atoms with Gasteiger partial charge in [-0.2, -0.15) is 5.26 Å². The van der Waals surface area contributed by atoms with E-state index < -0.39 is 25.0 Å². The minimum absolute atomic E-state index is 0.175. The predicted octanol–water partition coefficient (Wildman–Crippen LogP) is 8.26. The van der Waals surface area contributed by atoms with Crippen LogP contribution in [0.3, 0.4) is 0 Å². The van der Waals surface area contributed by atoms with E-state index in [4.69, 9.17) is 4.78 Å². The number of halogens is 5. The lowest BCUT2D eigenvalue weighted by Gasteiger charge is -2.40. The molecule has 4 aromatic rings. The largest absolute Gasteiger partial charge is 0.382 e. The fourth-order valence-electron chi connectivity index (χ4n) is 4.67. The quantitative estimate of drug-likeness (QED) is 0.200. The lowest BCUT2D eigenvalue weighted by Crippen LogP contribution is -2.41. The first kappa shape index (κ1) is 27.0. The van der Waals surface area contributed by atoms with Gasteiger partial charge in [-0.05, 0) is 72.5 Å². The second-order valence-corrected chi connectivity index (χ2v) is 13.9. The molecular formula is C26H24F5N5OS2. The maximum Gasteiger partial charge on any atom is 0.310 e. The average molecular weight is 582 g/mol. The summed E-state index contributed by atoms with van der Waals surface area (Å²) in [5.74, 6) is 0. The van der Waals surface area contributed by atoms with E-state index >= 15 is 0 Å². The van der Waals surface area contributed by atoms with E-state index in [0.29, 0.717) is 48.5 Å². The number of aromatic nitrogens is 1. The molecule has 1 aliphatic rings. The minimum Gasteiger partial charge on any atom is -0.382 e. The highest BCUT2D eigenvalue weighted by molar-refractivity contribution is 8.45. The summed E-state index contributed by atoms with van der Waals surface area (Å²) < 4.78 is 88.3. The van der Waals surface area contributed by atoms with Crippen molar-refractivity contribution in [3.63, 3.8) is 0 Å². The number of fused-ring (bicyclic) bond motifs is 1. The molecule has 1 saturated heterocycles. The first-order chi connectivity index (χ1) is 18.1. The van der Waals surface area contributed by atoms with Crippen LogP contribution in [-0.4, -0.2) is 32.6 Å². The lowest BCUT2D eigenvalue weighted by atomic mass is 10.0. The lowest BCUT2D eigenvalue weighted by molar-refractivity contribution is 0.341. The summed E-state index contributed by atoms with van der Waals surface area (Å²) in [6.07, 6.45) is 2.58. The molecule has 1 unspecified atom stereocenters. The Morgan fingerprint density at radius 1 is 0.949 bits per heavy atom. The maximum atomic E-state index is 13.4. The van der Waals surface area contributed by atoms with Gasteiger partial charge in [-0.1, -0.05) is 37.6 Å². The summed E-state index contributed by atoms with van der Waals surface area (Å²) >= 11 is 0.